The molecule has 0 saturated carbocycles. The maximum atomic E-state index is 12.9. The minimum absolute atomic E-state index is 0.204. The average molecular weight is 373 g/mol. The lowest BCUT2D eigenvalue weighted by molar-refractivity contribution is 0.102. The number of aromatic nitrogens is 3. The molecule has 0 bridgehead atoms. The van der Waals surface area contributed by atoms with Crippen LogP contribution in [0.3, 0.4) is 0 Å². The number of fused-ring (bicyclic) bond motifs is 3. The van der Waals surface area contributed by atoms with Crippen molar-refractivity contribution in [2.24, 2.45) is 0 Å². The third kappa shape index (κ3) is 3.00. The number of anilines is 1. The fraction of sp³-hybridized carbons (Fsp3) is 0.278. The topological polar surface area (TPSA) is 59.3 Å². The predicted octanol–water partition coefficient (Wildman–Crippen LogP) is 4.24. The van der Waals surface area contributed by atoms with Gasteiger partial charge in [-0.2, -0.15) is 5.10 Å². The third-order valence-electron chi connectivity index (χ3n) is 4.43. The second-order valence-corrected chi connectivity index (χ2v) is 7.25. The number of nitrogens with one attached hydrogen (secondary N) is 1. The van der Waals surface area contributed by atoms with Gasteiger partial charge in [0.25, 0.3) is 5.91 Å². The van der Waals surface area contributed by atoms with Gasteiger partial charge >= 0.3 is 0 Å². The van der Waals surface area contributed by atoms with E-state index in [0.29, 0.717) is 26.9 Å². The summed E-state index contributed by atoms with van der Waals surface area (Å²) in [6.45, 7) is 0. The lowest BCUT2D eigenvalue weighted by Gasteiger charge is -2.15. The van der Waals surface area contributed by atoms with Crippen molar-refractivity contribution in [2.45, 2.75) is 30.7 Å². The summed E-state index contributed by atoms with van der Waals surface area (Å²) in [6, 6.07) is 7.05. The molecule has 0 radical (unpaired) electrons. The number of amides is 1. The molecule has 4 rings (SSSR count). The van der Waals surface area contributed by atoms with E-state index in [0.717, 1.165) is 19.3 Å². The van der Waals surface area contributed by atoms with Gasteiger partial charge in [-0.1, -0.05) is 11.6 Å². The monoisotopic (exact) mass is 372 g/mol. The Morgan fingerprint density at radius 1 is 1.24 bits per heavy atom. The first-order valence-electron chi connectivity index (χ1n) is 8.18. The van der Waals surface area contributed by atoms with Crippen molar-refractivity contribution in [1.29, 1.82) is 0 Å². The van der Waals surface area contributed by atoms with E-state index in [-0.39, 0.29) is 5.91 Å². The van der Waals surface area contributed by atoms with Gasteiger partial charge in [0.15, 0.2) is 5.65 Å². The SMILES string of the molecule is CSc1nn2c3c(cnc2c1C(=O)Nc1ccc(Cl)cc1)CCCC3. The smallest absolute Gasteiger partial charge is 0.262 e. The lowest BCUT2D eigenvalue weighted by atomic mass is 9.97. The lowest BCUT2D eigenvalue weighted by Crippen LogP contribution is -2.14. The Morgan fingerprint density at radius 3 is 2.76 bits per heavy atom. The molecule has 0 fully saturated rings. The molecule has 1 aromatic carbocycles. The summed E-state index contributed by atoms with van der Waals surface area (Å²) >= 11 is 7.36. The molecular formula is C18H17ClN4OS. The Bertz CT molecular complexity index is 952. The van der Waals surface area contributed by atoms with E-state index in [2.05, 4.69) is 15.4 Å². The second-order valence-electron chi connectivity index (χ2n) is 6.02. The van der Waals surface area contributed by atoms with Crippen LogP contribution < -0.4 is 5.32 Å². The van der Waals surface area contributed by atoms with E-state index in [1.54, 1.807) is 24.3 Å². The van der Waals surface area contributed by atoms with Gasteiger partial charge in [0.1, 0.15) is 10.6 Å². The van der Waals surface area contributed by atoms with Crippen molar-refractivity contribution in [3.8, 4) is 0 Å². The summed E-state index contributed by atoms with van der Waals surface area (Å²) in [5.41, 5.74) is 4.25. The number of rotatable bonds is 3. The van der Waals surface area contributed by atoms with E-state index >= 15 is 0 Å². The van der Waals surface area contributed by atoms with Crippen molar-refractivity contribution < 1.29 is 4.79 Å². The van der Waals surface area contributed by atoms with Crippen molar-refractivity contribution >= 4 is 40.6 Å². The number of hydrogen-bond donors (Lipinski definition) is 1. The maximum Gasteiger partial charge on any atom is 0.262 e. The molecule has 0 spiro atoms. The van der Waals surface area contributed by atoms with Crippen LogP contribution in [0.15, 0.2) is 35.5 Å². The van der Waals surface area contributed by atoms with Crippen LogP contribution in [-0.2, 0) is 12.8 Å². The van der Waals surface area contributed by atoms with Crippen LogP contribution in [0.4, 0.5) is 5.69 Å². The van der Waals surface area contributed by atoms with Crippen molar-refractivity contribution in [3.05, 3.63) is 52.3 Å². The Kier molecular flexibility index (Phi) is 4.39. The van der Waals surface area contributed by atoms with Crippen molar-refractivity contribution in [2.75, 3.05) is 11.6 Å². The summed E-state index contributed by atoms with van der Waals surface area (Å²) in [6.07, 6.45) is 8.15. The van der Waals surface area contributed by atoms with Crippen molar-refractivity contribution in [3.63, 3.8) is 0 Å². The summed E-state index contributed by atoms with van der Waals surface area (Å²) in [7, 11) is 0. The van der Waals surface area contributed by atoms with Crippen LogP contribution in [-0.4, -0.2) is 26.8 Å². The number of carbonyl (C=O) groups excluding carboxylic acids is 1. The Morgan fingerprint density at radius 2 is 2.00 bits per heavy atom. The minimum Gasteiger partial charge on any atom is -0.322 e. The molecule has 1 aliphatic rings. The van der Waals surface area contributed by atoms with E-state index < -0.39 is 0 Å². The van der Waals surface area contributed by atoms with Gasteiger partial charge in [0.05, 0.1) is 0 Å². The molecule has 0 aliphatic heterocycles. The summed E-state index contributed by atoms with van der Waals surface area (Å²) in [5.74, 6) is -0.204. The minimum atomic E-state index is -0.204. The van der Waals surface area contributed by atoms with Gasteiger partial charge < -0.3 is 5.32 Å². The second kappa shape index (κ2) is 6.69. The number of carbonyl (C=O) groups is 1. The third-order valence-corrected chi connectivity index (χ3v) is 5.35. The quantitative estimate of drug-likeness (QED) is 0.699. The van der Waals surface area contributed by atoms with Gasteiger partial charge in [-0.05, 0) is 61.8 Å². The summed E-state index contributed by atoms with van der Waals surface area (Å²) < 4.78 is 1.86. The van der Waals surface area contributed by atoms with Crippen LogP contribution in [0.5, 0.6) is 0 Å². The fourth-order valence-corrected chi connectivity index (χ4v) is 3.88. The largest absolute Gasteiger partial charge is 0.322 e. The first-order valence-corrected chi connectivity index (χ1v) is 9.78. The van der Waals surface area contributed by atoms with Gasteiger partial charge in [-0.3, -0.25) is 4.79 Å². The van der Waals surface area contributed by atoms with Crippen LogP contribution in [0.1, 0.15) is 34.5 Å². The predicted molar refractivity (Wildman–Crippen MR) is 101 cm³/mol. The molecule has 1 aliphatic carbocycles. The number of halogens is 1. The Hall–Kier alpha value is -2.05. The zero-order valence-corrected chi connectivity index (χ0v) is 15.3. The first-order chi connectivity index (χ1) is 12.2. The molecule has 1 amide bonds. The molecule has 0 unspecified atom stereocenters. The number of nitrogens with zero attached hydrogens (tertiary/aromatic N) is 3. The molecular weight excluding hydrogens is 356 g/mol. The molecule has 7 heteroatoms. The van der Waals surface area contributed by atoms with Crippen LogP contribution in [0.25, 0.3) is 5.65 Å². The molecule has 25 heavy (non-hydrogen) atoms. The highest BCUT2D eigenvalue weighted by Gasteiger charge is 2.24. The van der Waals surface area contributed by atoms with Gasteiger partial charge in [-0.15, -0.1) is 11.8 Å². The maximum absolute atomic E-state index is 12.9. The molecule has 0 saturated heterocycles. The molecule has 2 heterocycles. The number of aryl methyl sites for hydroxylation is 2. The normalized spacial score (nSPS) is 13.7. The molecule has 3 aromatic rings. The average Bonchev–Trinajstić information content (AvgIpc) is 3.03. The molecule has 0 atom stereocenters. The number of hydrogen-bond acceptors (Lipinski definition) is 4. The number of thioether (sulfide) groups is 1. The van der Waals surface area contributed by atoms with Gasteiger partial charge in [-0.25, -0.2) is 9.50 Å². The summed E-state index contributed by atoms with van der Waals surface area (Å²) in [5, 5.41) is 8.89. The number of benzene rings is 1. The molecule has 2 aromatic heterocycles. The van der Waals surface area contributed by atoms with E-state index in [1.165, 1.54) is 29.4 Å². The Labute approximate surface area is 154 Å². The highest BCUT2D eigenvalue weighted by Crippen LogP contribution is 2.28. The van der Waals surface area contributed by atoms with Gasteiger partial charge in [0.2, 0.25) is 0 Å². The highest BCUT2D eigenvalue weighted by atomic mass is 35.5. The Balaban J connectivity index is 1.77. The van der Waals surface area contributed by atoms with E-state index in [4.69, 9.17) is 11.6 Å². The zero-order chi connectivity index (χ0) is 17.4. The standard InChI is InChI=1S/C18H17ClN4OS/c1-25-18-15(17(24)21-13-8-6-12(19)7-9-13)16-20-10-11-4-2-3-5-14(11)23(16)22-18/h6-10H,2-5H2,1H3,(H,21,24). The van der Waals surface area contributed by atoms with Crippen molar-refractivity contribution in [1.82, 2.24) is 14.6 Å². The molecule has 5 nitrogen and oxygen atoms in total. The molecule has 1 N–H and O–H groups in total. The highest BCUT2D eigenvalue weighted by molar-refractivity contribution is 7.98. The van der Waals surface area contributed by atoms with Gasteiger partial charge in [0, 0.05) is 22.6 Å². The van der Waals surface area contributed by atoms with Crippen LogP contribution >= 0.6 is 23.4 Å². The zero-order valence-electron chi connectivity index (χ0n) is 13.8. The van der Waals surface area contributed by atoms with Crippen LogP contribution in [0.2, 0.25) is 5.02 Å². The van der Waals surface area contributed by atoms with E-state index in [9.17, 15) is 4.79 Å². The fourth-order valence-electron chi connectivity index (χ4n) is 3.20. The van der Waals surface area contributed by atoms with Crippen LogP contribution in [0, 0.1) is 0 Å². The van der Waals surface area contributed by atoms with E-state index in [1.807, 2.05) is 17.0 Å². The summed E-state index contributed by atoms with van der Waals surface area (Å²) in [4.78, 5) is 17.4. The molecule has 128 valence electrons. The first kappa shape index (κ1) is 16.4.